The number of nitrogens with zero attached hydrogens (tertiary/aromatic N) is 2. The number of nitrogens with one attached hydrogen (secondary N) is 1. The second-order valence-electron chi connectivity index (χ2n) is 9.15. The molecule has 3 amide bonds. The van der Waals surface area contributed by atoms with E-state index in [2.05, 4.69) is 5.32 Å². The van der Waals surface area contributed by atoms with Crippen LogP contribution in [0.5, 0.6) is 17.2 Å². The zero-order valence-electron chi connectivity index (χ0n) is 22.6. The van der Waals surface area contributed by atoms with Crippen molar-refractivity contribution in [2.24, 2.45) is 0 Å². The summed E-state index contributed by atoms with van der Waals surface area (Å²) in [5.41, 5.74) is 2.93. The Bertz CT molecular complexity index is 1570. The van der Waals surface area contributed by atoms with Gasteiger partial charge in [0.15, 0.2) is 11.5 Å². The fraction of sp³-hybridized carbons (Fsp3) is 0.200. The summed E-state index contributed by atoms with van der Waals surface area (Å²) < 4.78 is 16.2. The molecule has 0 bridgehead atoms. The van der Waals surface area contributed by atoms with Crippen molar-refractivity contribution in [3.63, 3.8) is 0 Å². The summed E-state index contributed by atoms with van der Waals surface area (Å²) >= 11 is 6.66. The SMILES string of the molecule is COc1ccc(NC(=O)CN2C(=O)/C(=C3\SC(=S)N(CCc4ccc(OC)c(OC)c4)C3=O)c3ccccc32)cc1. The number of ether oxygens (including phenoxy) is 3. The third kappa shape index (κ3) is 5.63. The maximum absolute atomic E-state index is 13.7. The first kappa shape index (κ1) is 28.2. The number of hydrogen-bond acceptors (Lipinski definition) is 8. The number of thiocarbonyl (C=S) groups is 1. The van der Waals surface area contributed by atoms with Gasteiger partial charge in [-0.25, -0.2) is 0 Å². The quantitative estimate of drug-likeness (QED) is 0.288. The Morgan fingerprint density at radius 3 is 2.32 bits per heavy atom. The number of amides is 3. The molecule has 11 heteroatoms. The number of thioether (sulfide) groups is 1. The van der Waals surface area contributed by atoms with Crippen molar-refractivity contribution in [1.29, 1.82) is 0 Å². The lowest BCUT2D eigenvalue weighted by Crippen LogP contribution is -2.35. The average molecular weight is 590 g/mol. The molecule has 0 spiro atoms. The third-order valence-corrected chi connectivity index (χ3v) is 8.20. The number of para-hydroxylation sites is 1. The van der Waals surface area contributed by atoms with Gasteiger partial charge in [0.25, 0.3) is 11.8 Å². The fourth-order valence-electron chi connectivity index (χ4n) is 4.69. The summed E-state index contributed by atoms with van der Waals surface area (Å²) in [6, 6.07) is 19.6. The minimum Gasteiger partial charge on any atom is -0.497 e. The van der Waals surface area contributed by atoms with Crippen molar-refractivity contribution in [2.75, 3.05) is 44.6 Å². The molecule has 1 N–H and O–H groups in total. The van der Waals surface area contributed by atoms with E-state index in [-0.39, 0.29) is 28.8 Å². The van der Waals surface area contributed by atoms with Crippen LogP contribution in [-0.4, -0.2) is 61.4 Å². The zero-order chi connectivity index (χ0) is 29.1. The van der Waals surface area contributed by atoms with Gasteiger partial charge in [-0.3, -0.25) is 24.2 Å². The molecule has 0 atom stereocenters. The summed E-state index contributed by atoms with van der Waals surface area (Å²) in [6.45, 7) is 0.117. The number of fused-ring (bicyclic) bond motifs is 1. The van der Waals surface area contributed by atoms with Gasteiger partial charge < -0.3 is 19.5 Å². The summed E-state index contributed by atoms with van der Waals surface area (Å²) in [6.07, 6.45) is 0.525. The smallest absolute Gasteiger partial charge is 0.267 e. The Morgan fingerprint density at radius 2 is 1.61 bits per heavy atom. The summed E-state index contributed by atoms with van der Waals surface area (Å²) in [5.74, 6) is 0.757. The first-order chi connectivity index (χ1) is 19.8. The molecule has 2 aliphatic heterocycles. The van der Waals surface area contributed by atoms with Gasteiger partial charge in [0.05, 0.1) is 37.5 Å². The summed E-state index contributed by atoms with van der Waals surface area (Å²) in [5, 5.41) is 2.80. The van der Waals surface area contributed by atoms with Crippen LogP contribution < -0.4 is 24.4 Å². The Balaban J connectivity index is 1.35. The molecule has 2 aliphatic rings. The number of hydrogen-bond donors (Lipinski definition) is 1. The van der Waals surface area contributed by atoms with E-state index in [1.54, 1.807) is 69.9 Å². The lowest BCUT2D eigenvalue weighted by Gasteiger charge is -2.17. The van der Waals surface area contributed by atoms with Crippen LogP contribution in [0.4, 0.5) is 11.4 Å². The Labute approximate surface area is 247 Å². The Hall–Kier alpha value is -4.35. The van der Waals surface area contributed by atoms with E-state index in [0.717, 1.165) is 17.3 Å². The summed E-state index contributed by atoms with van der Waals surface area (Å²) in [7, 11) is 4.70. The van der Waals surface area contributed by atoms with E-state index in [4.69, 9.17) is 26.4 Å². The van der Waals surface area contributed by atoms with Crippen molar-refractivity contribution in [3.05, 3.63) is 82.8 Å². The molecular weight excluding hydrogens is 562 g/mol. The highest BCUT2D eigenvalue weighted by molar-refractivity contribution is 8.26. The largest absolute Gasteiger partial charge is 0.497 e. The van der Waals surface area contributed by atoms with Crippen LogP contribution in [0, 0.1) is 0 Å². The number of carbonyl (C=O) groups excluding carboxylic acids is 3. The predicted molar refractivity (Wildman–Crippen MR) is 162 cm³/mol. The molecule has 3 aromatic rings. The van der Waals surface area contributed by atoms with Gasteiger partial charge in [-0.15, -0.1) is 0 Å². The number of rotatable bonds is 9. The normalized spacial score (nSPS) is 16.2. The Kier molecular flexibility index (Phi) is 8.27. The highest BCUT2D eigenvalue weighted by Gasteiger charge is 2.42. The molecule has 0 unspecified atom stereocenters. The first-order valence-electron chi connectivity index (χ1n) is 12.7. The number of methoxy groups -OCH3 is 3. The monoisotopic (exact) mass is 589 g/mol. The molecule has 41 heavy (non-hydrogen) atoms. The minimum atomic E-state index is -0.420. The van der Waals surface area contributed by atoms with Gasteiger partial charge in [-0.1, -0.05) is 48.2 Å². The van der Waals surface area contributed by atoms with E-state index in [1.165, 1.54) is 9.80 Å². The maximum atomic E-state index is 13.7. The standard InChI is InChI=1S/C30H27N3O6S2/c1-37-20-11-9-19(10-12-20)31-25(34)17-33-22-7-5-4-6-21(22)26(28(33)35)27-29(36)32(30(40)41-27)15-14-18-8-13-23(38-2)24(16-18)39-3/h4-13,16H,14-15,17H2,1-3H3,(H,31,34)/b27-26-. The molecule has 210 valence electrons. The van der Waals surface area contributed by atoms with Crippen LogP contribution >= 0.6 is 24.0 Å². The molecule has 9 nitrogen and oxygen atoms in total. The first-order valence-corrected chi connectivity index (χ1v) is 13.9. The van der Waals surface area contributed by atoms with Gasteiger partial charge in [-0.2, -0.15) is 0 Å². The third-order valence-electron chi connectivity index (χ3n) is 6.75. The van der Waals surface area contributed by atoms with Crippen molar-refractivity contribution in [2.45, 2.75) is 6.42 Å². The molecule has 0 aromatic heterocycles. The minimum absolute atomic E-state index is 0.217. The van der Waals surface area contributed by atoms with Crippen LogP contribution in [0.25, 0.3) is 5.57 Å². The number of carbonyl (C=O) groups is 3. The lowest BCUT2D eigenvalue weighted by molar-refractivity contribution is -0.122. The van der Waals surface area contributed by atoms with Crippen LogP contribution in [0.2, 0.25) is 0 Å². The molecule has 0 radical (unpaired) electrons. The maximum Gasteiger partial charge on any atom is 0.267 e. The van der Waals surface area contributed by atoms with E-state index in [1.807, 2.05) is 18.2 Å². The summed E-state index contributed by atoms with van der Waals surface area (Å²) in [4.78, 5) is 43.4. The topological polar surface area (TPSA) is 97.4 Å². The predicted octanol–water partition coefficient (Wildman–Crippen LogP) is 4.51. The molecular formula is C30H27N3O6S2. The zero-order valence-corrected chi connectivity index (χ0v) is 24.3. The van der Waals surface area contributed by atoms with Gasteiger partial charge >= 0.3 is 0 Å². The highest BCUT2D eigenvalue weighted by Crippen LogP contribution is 2.44. The van der Waals surface area contributed by atoms with Gasteiger partial charge in [0, 0.05) is 17.8 Å². The van der Waals surface area contributed by atoms with Crippen molar-refractivity contribution < 1.29 is 28.6 Å². The second kappa shape index (κ2) is 12.0. The molecule has 2 heterocycles. The van der Waals surface area contributed by atoms with E-state index >= 15 is 0 Å². The van der Waals surface area contributed by atoms with Crippen LogP contribution in [0.15, 0.2) is 71.6 Å². The lowest BCUT2D eigenvalue weighted by atomic mass is 10.1. The van der Waals surface area contributed by atoms with Crippen molar-refractivity contribution in [1.82, 2.24) is 4.90 Å². The van der Waals surface area contributed by atoms with Crippen LogP contribution in [0.3, 0.4) is 0 Å². The Morgan fingerprint density at radius 1 is 0.878 bits per heavy atom. The van der Waals surface area contributed by atoms with Gasteiger partial charge in [-0.05, 0) is 54.4 Å². The van der Waals surface area contributed by atoms with E-state index < -0.39 is 5.91 Å². The van der Waals surface area contributed by atoms with Gasteiger partial charge in [0.2, 0.25) is 5.91 Å². The van der Waals surface area contributed by atoms with E-state index in [0.29, 0.717) is 51.5 Å². The molecule has 1 fully saturated rings. The van der Waals surface area contributed by atoms with Gasteiger partial charge in [0.1, 0.15) is 16.6 Å². The molecule has 5 rings (SSSR count). The molecule has 0 saturated carbocycles. The number of benzene rings is 3. The highest BCUT2D eigenvalue weighted by atomic mass is 32.2. The second-order valence-corrected chi connectivity index (χ2v) is 10.8. The fourth-order valence-corrected chi connectivity index (χ4v) is 6.07. The molecule has 1 saturated heterocycles. The van der Waals surface area contributed by atoms with Crippen molar-refractivity contribution >= 4 is 63.0 Å². The van der Waals surface area contributed by atoms with Crippen LogP contribution in [0.1, 0.15) is 11.1 Å². The molecule has 3 aromatic carbocycles. The average Bonchev–Trinajstić information content (AvgIpc) is 3.42. The van der Waals surface area contributed by atoms with Crippen molar-refractivity contribution in [3.8, 4) is 17.2 Å². The molecule has 0 aliphatic carbocycles. The number of anilines is 2. The van der Waals surface area contributed by atoms with Crippen LogP contribution in [-0.2, 0) is 20.8 Å². The van der Waals surface area contributed by atoms with E-state index in [9.17, 15) is 14.4 Å².